The van der Waals surface area contributed by atoms with Gasteiger partial charge in [0, 0.05) is 30.9 Å². The van der Waals surface area contributed by atoms with Crippen LogP contribution in [0.25, 0.3) is 0 Å². The molecule has 0 spiro atoms. The largest absolute Gasteiger partial charge is 0.465 e. The Morgan fingerprint density at radius 1 is 1.02 bits per heavy atom. The van der Waals surface area contributed by atoms with Crippen LogP contribution in [0.3, 0.4) is 0 Å². The van der Waals surface area contributed by atoms with Crippen molar-refractivity contribution < 1.29 is 47.0 Å². The molecule has 11 heteroatoms. The van der Waals surface area contributed by atoms with Crippen LogP contribution in [0.15, 0.2) is 10.5 Å². The van der Waals surface area contributed by atoms with Gasteiger partial charge in [0.25, 0.3) is 0 Å². The molecule has 0 amide bonds. The molecule has 1 saturated carbocycles. The second kappa shape index (κ2) is 10.9. The first kappa shape index (κ1) is 30.9. The molecule has 1 unspecified atom stereocenters. The number of fused-ring (bicyclic) bond motifs is 4. The third-order valence-corrected chi connectivity index (χ3v) is 16.3. The van der Waals surface area contributed by atoms with E-state index in [0.29, 0.717) is 28.8 Å². The third kappa shape index (κ3) is 4.66. The number of esters is 3. The Hall–Kier alpha value is -2.50. The summed E-state index contributed by atoms with van der Waals surface area (Å²) in [6.07, 6.45) is -1.46. The highest BCUT2D eigenvalue weighted by Gasteiger charge is 2.78. The van der Waals surface area contributed by atoms with Crippen LogP contribution in [-0.2, 0) is 33.0 Å². The zero-order valence-electron chi connectivity index (χ0n) is 26.1. The standard InChI is InChI=1S/C31H44O10Si/c1-14(2)42(15(3)4,16(5)6)41-22-11-20-19(22)13-25(37-18(8)32)31-28(40-31)24(39-30(31)35)10-17(7)26(33)23-12-21(27(20)38-23)29(34)36-9/h12,14-17,19-20,22,24-25,28H,10-11,13H2,1-9H3/t17?,19-,20+,22+,24+,25-,28+,31+/m1/s1. The fraction of sp³-hybridized carbons (Fsp3) is 0.742. The summed E-state index contributed by atoms with van der Waals surface area (Å²) >= 11 is 0. The first-order chi connectivity index (χ1) is 19.7. The minimum Gasteiger partial charge on any atom is -0.465 e. The van der Waals surface area contributed by atoms with Crippen LogP contribution < -0.4 is 0 Å². The normalized spacial score (nSPS) is 34.0. The quantitative estimate of drug-likeness (QED) is 0.174. The summed E-state index contributed by atoms with van der Waals surface area (Å²) in [5.41, 5.74) is -0.224. The van der Waals surface area contributed by atoms with Gasteiger partial charge in [-0.1, -0.05) is 48.5 Å². The highest BCUT2D eigenvalue weighted by Crippen LogP contribution is 2.58. The monoisotopic (exact) mass is 604 g/mol. The lowest BCUT2D eigenvalue weighted by molar-refractivity contribution is -0.167. The van der Waals surface area contributed by atoms with E-state index >= 15 is 0 Å². The summed E-state index contributed by atoms with van der Waals surface area (Å²) in [4.78, 5) is 52.1. The Balaban J connectivity index is 1.62. The second-order valence-electron chi connectivity index (χ2n) is 13.5. The van der Waals surface area contributed by atoms with E-state index in [-0.39, 0.29) is 47.9 Å². The van der Waals surface area contributed by atoms with E-state index in [4.69, 9.17) is 27.8 Å². The van der Waals surface area contributed by atoms with Crippen molar-refractivity contribution in [1.82, 2.24) is 0 Å². The Morgan fingerprint density at radius 3 is 2.21 bits per heavy atom. The van der Waals surface area contributed by atoms with Crippen molar-refractivity contribution in [2.24, 2.45) is 11.8 Å². The number of epoxide rings is 1. The molecule has 232 valence electrons. The van der Waals surface area contributed by atoms with Crippen molar-refractivity contribution in [2.45, 2.75) is 127 Å². The van der Waals surface area contributed by atoms with Crippen LogP contribution in [0.2, 0.25) is 16.6 Å². The van der Waals surface area contributed by atoms with Crippen molar-refractivity contribution >= 4 is 32.0 Å². The number of Topliss-reactive ketones (excluding diaryl/α,β-unsaturated/α-hetero) is 1. The Labute approximate surface area is 248 Å². The molecule has 0 aromatic carbocycles. The molecule has 0 N–H and O–H groups in total. The van der Waals surface area contributed by atoms with E-state index in [9.17, 15) is 19.2 Å². The van der Waals surface area contributed by atoms with Gasteiger partial charge in [-0.15, -0.1) is 0 Å². The molecule has 3 fully saturated rings. The molecule has 0 radical (unpaired) electrons. The molecule has 42 heavy (non-hydrogen) atoms. The van der Waals surface area contributed by atoms with E-state index in [1.54, 1.807) is 6.92 Å². The van der Waals surface area contributed by atoms with Crippen LogP contribution in [0.5, 0.6) is 0 Å². The molecule has 4 bridgehead atoms. The molecule has 10 nitrogen and oxygen atoms in total. The van der Waals surface area contributed by atoms with Crippen molar-refractivity contribution in [3.63, 3.8) is 0 Å². The first-order valence-corrected chi connectivity index (χ1v) is 17.3. The molecule has 8 atom stereocenters. The zero-order valence-corrected chi connectivity index (χ0v) is 27.1. The van der Waals surface area contributed by atoms with Crippen molar-refractivity contribution in [3.8, 4) is 0 Å². The van der Waals surface area contributed by atoms with Crippen LogP contribution in [-0.4, -0.2) is 69.1 Å². The van der Waals surface area contributed by atoms with E-state index < -0.39 is 56.1 Å². The van der Waals surface area contributed by atoms with E-state index in [2.05, 4.69) is 41.5 Å². The second-order valence-corrected chi connectivity index (χ2v) is 18.9. The first-order valence-electron chi connectivity index (χ1n) is 15.2. The Morgan fingerprint density at radius 2 is 1.67 bits per heavy atom. The maximum Gasteiger partial charge on any atom is 0.345 e. The summed E-state index contributed by atoms with van der Waals surface area (Å²) < 4.78 is 36.1. The zero-order chi connectivity index (χ0) is 30.9. The minimum absolute atomic E-state index is 0.0689. The molecule has 4 heterocycles. The van der Waals surface area contributed by atoms with Crippen LogP contribution in [0, 0.1) is 11.8 Å². The van der Waals surface area contributed by atoms with E-state index in [1.807, 2.05) is 0 Å². The average molecular weight is 605 g/mol. The van der Waals surface area contributed by atoms with Crippen LogP contribution in [0.4, 0.5) is 0 Å². The van der Waals surface area contributed by atoms with E-state index in [0.717, 1.165) is 0 Å². The van der Waals surface area contributed by atoms with Gasteiger partial charge in [-0.2, -0.15) is 0 Å². The van der Waals surface area contributed by atoms with E-state index in [1.165, 1.54) is 20.1 Å². The molecule has 5 rings (SSSR count). The number of rotatable bonds is 7. The highest BCUT2D eigenvalue weighted by atomic mass is 28.4. The molecule has 3 aliphatic heterocycles. The molecule has 2 saturated heterocycles. The van der Waals surface area contributed by atoms with Gasteiger partial charge in [0.05, 0.1) is 7.11 Å². The van der Waals surface area contributed by atoms with Gasteiger partial charge in [-0.25, -0.2) is 9.59 Å². The number of carbonyl (C=O) groups is 4. The summed E-state index contributed by atoms with van der Waals surface area (Å²) in [5.74, 6) is -2.77. The lowest BCUT2D eigenvalue weighted by Gasteiger charge is -2.52. The maximum atomic E-state index is 13.5. The van der Waals surface area contributed by atoms with Crippen LogP contribution in [0.1, 0.15) is 107 Å². The topological polar surface area (TPSA) is 131 Å². The third-order valence-electron chi connectivity index (χ3n) is 10.2. The molecular weight excluding hydrogens is 560 g/mol. The fourth-order valence-electron chi connectivity index (χ4n) is 8.16. The molecule has 1 aromatic rings. The molecule has 4 aliphatic rings. The van der Waals surface area contributed by atoms with Crippen molar-refractivity contribution in [1.29, 1.82) is 0 Å². The number of ketones is 1. The van der Waals surface area contributed by atoms with Gasteiger partial charge < -0.3 is 27.8 Å². The van der Waals surface area contributed by atoms with Crippen LogP contribution >= 0.6 is 0 Å². The summed E-state index contributed by atoms with van der Waals surface area (Å²) in [6, 6.07) is 1.47. The molecular formula is C31H44O10Si. The molecule has 1 aromatic heterocycles. The number of furan rings is 1. The number of hydrogen-bond acceptors (Lipinski definition) is 10. The fourth-order valence-corrected chi connectivity index (χ4v) is 13.8. The lowest BCUT2D eigenvalue weighted by atomic mass is 9.65. The van der Waals surface area contributed by atoms with Crippen molar-refractivity contribution in [2.75, 3.05) is 7.11 Å². The lowest BCUT2D eigenvalue weighted by Crippen LogP contribution is -2.56. The van der Waals surface area contributed by atoms with Crippen molar-refractivity contribution in [3.05, 3.63) is 23.2 Å². The van der Waals surface area contributed by atoms with Gasteiger partial charge in [-0.3, -0.25) is 9.59 Å². The van der Waals surface area contributed by atoms with Gasteiger partial charge >= 0.3 is 17.9 Å². The maximum absolute atomic E-state index is 13.5. The SMILES string of the molecule is COC(=O)c1cc2oc1[C@H]1C[C@H](O[Si](C(C)C)(C(C)C)C(C)C)[C@@H]1C[C@@H](OC(C)=O)[C@]13O[C@H]1[C@H](CC(C)C2=O)OC3=O. The predicted octanol–water partition coefficient (Wildman–Crippen LogP) is 5.34. The Kier molecular flexibility index (Phi) is 8.02. The summed E-state index contributed by atoms with van der Waals surface area (Å²) in [5, 5.41) is 0. The number of hydrogen-bond donors (Lipinski definition) is 0. The van der Waals surface area contributed by atoms with Gasteiger partial charge in [0.15, 0.2) is 5.76 Å². The van der Waals surface area contributed by atoms with Gasteiger partial charge in [0.2, 0.25) is 19.7 Å². The van der Waals surface area contributed by atoms with Gasteiger partial charge in [-0.05, 0) is 41.8 Å². The minimum atomic E-state index is -2.34. The number of carbonyl (C=O) groups excluding carboxylic acids is 4. The Bertz CT molecular complexity index is 1240. The summed E-state index contributed by atoms with van der Waals surface area (Å²) in [7, 11) is -1.05. The molecule has 1 aliphatic carbocycles. The highest BCUT2D eigenvalue weighted by molar-refractivity contribution is 6.77. The number of methoxy groups -OCH3 is 1. The smallest absolute Gasteiger partial charge is 0.345 e. The van der Waals surface area contributed by atoms with Gasteiger partial charge in [0.1, 0.15) is 29.6 Å². The predicted molar refractivity (Wildman–Crippen MR) is 153 cm³/mol. The number of ether oxygens (including phenoxy) is 4. The summed E-state index contributed by atoms with van der Waals surface area (Å²) in [6.45, 7) is 16.3. The average Bonchev–Trinajstić information content (AvgIpc) is 3.42.